The number of aliphatic hydroxyl groups excluding tert-OH is 1. The van der Waals surface area contributed by atoms with Crippen LogP contribution in [0, 0.1) is 0 Å². The van der Waals surface area contributed by atoms with Crippen molar-refractivity contribution in [3.63, 3.8) is 0 Å². The third-order valence-corrected chi connectivity index (χ3v) is 17.8. The Labute approximate surface area is 530 Å². The molecule has 0 radical (unpaired) electrons. The monoisotopic (exact) mass is 1280 g/mol. The summed E-state index contributed by atoms with van der Waals surface area (Å²) in [7, 11) is -9.89. The molecular formula is C68H132O17P2. The maximum Gasteiger partial charge on any atom is 0.472 e. The maximum atomic E-state index is 13.0. The molecule has 0 aromatic heterocycles. The molecular weight excluding hydrogens is 1150 g/mol. The Morgan fingerprint density at radius 3 is 0.678 bits per heavy atom. The van der Waals surface area contributed by atoms with Crippen LogP contribution in [0.5, 0.6) is 0 Å². The van der Waals surface area contributed by atoms with E-state index in [1.165, 1.54) is 173 Å². The van der Waals surface area contributed by atoms with E-state index >= 15 is 0 Å². The second kappa shape index (κ2) is 62.8. The van der Waals surface area contributed by atoms with Crippen LogP contribution in [0.4, 0.5) is 0 Å². The van der Waals surface area contributed by atoms with Gasteiger partial charge in [0.25, 0.3) is 0 Å². The van der Waals surface area contributed by atoms with E-state index < -0.39 is 97.5 Å². The number of unbranched alkanes of at least 4 members (excludes halogenated alkanes) is 43. The molecule has 0 rings (SSSR count). The highest BCUT2D eigenvalue weighted by Gasteiger charge is 2.30. The largest absolute Gasteiger partial charge is 0.472 e. The minimum absolute atomic E-state index is 0.106. The molecule has 516 valence electrons. The number of rotatable bonds is 69. The number of esters is 4. The van der Waals surface area contributed by atoms with E-state index in [0.717, 1.165) is 103 Å². The number of aliphatic hydroxyl groups is 1. The van der Waals surface area contributed by atoms with Crippen LogP contribution in [-0.2, 0) is 65.4 Å². The predicted molar refractivity (Wildman–Crippen MR) is 349 cm³/mol. The minimum atomic E-state index is -4.95. The molecule has 0 amide bonds. The van der Waals surface area contributed by atoms with Crippen molar-refractivity contribution in [2.75, 3.05) is 39.6 Å². The lowest BCUT2D eigenvalue weighted by atomic mass is 10.0. The van der Waals surface area contributed by atoms with E-state index in [-0.39, 0.29) is 25.7 Å². The van der Waals surface area contributed by atoms with Gasteiger partial charge in [-0.3, -0.25) is 37.3 Å². The minimum Gasteiger partial charge on any atom is -0.462 e. The van der Waals surface area contributed by atoms with Crippen molar-refractivity contribution in [1.29, 1.82) is 0 Å². The number of hydrogen-bond donors (Lipinski definition) is 3. The number of phosphoric ester groups is 2. The molecule has 0 aromatic carbocycles. The van der Waals surface area contributed by atoms with Crippen LogP contribution >= 0.6 is 15.6 Å². The zero-order valence-corrected chi connectivity index (χ0v) is 57.8. The number of ether oxygens (including phenoxy) is 4. The first-order chi connectivity index (χ1) is 42.2. The molecule has 0 aliphatic heterocycles. The fourth-order valence-electron chi connectivity index (χ4n) is 10.3. The fraction of sp³-hybridized carbons (Fsp3) is 0.941. The lowest BCUT2D eigenvalue weighted by molar-refractivity contribution is -0.161. The van der Waals surface area contributed by atoms with Crippen LogP contribution in [-0.4, -0.2) is 96.7 Å². The molecule has 0 saturated heterocycles. The van der Waals surface area contributed by atoms with Crippen LogP contribution in [0.15, 0.2) is 0 Å². The van der Waals surface area contributed by atoms with Gasteiger partial charge in [0, 0.05) is 25.7 Å². The van der Waals surface area contributed by atoms with Gasteiger partial charge in [-0.2, -0.15) is 0 Å². The summed E-state index contributed by atoms with van der Waals surface area (Å²) in [4.78, 5) is 72.3. The summed E-state index contributed by atoms with van der Waals surface area (Å²) in [5.74, 6) is -2.13. The first-order valence-electron chi connectivity index (χ1n) is 35.8. The van der Waals surface area contributed by atoms with E-state index in [1.807, 2.05) is 0 Å². The highest BCUT2D eigenvalue weighted by molar-refractivity contribution is 7.47. The highest BCUT2D eigenvalue weighted by Crippen LogP contribution is 2.45. The summed E-state index contributed by atoms with van der Waals surface area (Å²) in [6.45, 7) is 4.88. The fourth-order valence-corrected chi connectivity index (χ4v) is 11.9. The smallest absolute Gasteiger partial charge is 0.462 e. The Morgan fingerprint density at radius 1 is 0.276 bits per heavy atom. The molecule has 0 bridgehead atoms. The average Bonchev–Trinajstić information content (AvgIpc) is 3.71. The van der Waals surface area contributed by atoms with Crippen molar-refractivity contribution >= 4 is 39.5 Å². The van der Waals surface area contributed by atoms with E-state index in [2.05, 4.69) is 27.7 Å². The summed E-state index contributed by atoms with van der Waals surface area (Å²) >= 11 is 0. The molecule has 17 nitrogen and oxygen atoms in total. The van der Waals surface area contributed by atoms with Gasteiger partial charge in [0.2, 0.25) is 0 Å². The molecule has 2 unspecified atom stereocenters. The number of carbonyl (C=O) groups is 4. The van der Waals surface area contributed by atoms with Crippen LogP contribution in [0.1, 0.15) is 355 Å². The molecule has 0 heterocycles. The van der Waals surface area contributed by atoms with Crippen molar-refractivity contribution in [3.8, 4) is 0 Å². The second-order valence-electron chi connectivity index (χ2n) is 24.6. The van der Waals surface area contributed by atoms with Crippen molar-refractivity contribution in [2.45, 2.75) is 373 Å². The number of carbonyl (C=O) groups excluding carboxylic acids is 4. The first kappa shape index (κ1) is 85.1. The van der Waals surface area contributed by atoms with Crippen molar-refractivity contribution < 1.29 is 80.2 Å². The molecule has 0 aliphatic carbocycles. The van der Waals surface area contributed by atoms with Gasteiger partial charge in [0.15, 0.2) is 12.2 Å². The summed E-state index contributed by atoms with van der Waals surface area (Å²) in [5, 5.41) is 10.5. The Balaban J connectivity index is 5.18. The molecule has 0 saturated carbocycles. The summed E-state index contributed by atoms with van der Waals surface area (Å²) in [5.41, 5.74) is 0. The van der Waals surface area contributed by atoms with E-state index in [0.29, 0.717) is 25.7 Å². The molecule has 87 heavy (non-hydrogen) atoms. The summed E-state index contributed by atoms with van der Waals surface area (Å²) < 4.78 is 68.1. The van der Waals surface area contributed by atoms with Gasteiger partial charge < -0.3 is 33.8 Å². The van der Waals surface area contributed by atoms with Crippen molar-refractivity contribution in [1.82, 2.24) is 0 Å². The van der Waals surface area contributed by atoms with Gasteiger partial charge in [-0.05, 0) is 25.7 Å². The van der Waals surface area contributed by atoms with Crippen LogP contribution in [0.3, 0.4) is 0 Å². The molecule has 3 N–H and O–H groups in total. The quantitative estimate of drug-likeness (QED) is 0.0222. The number of phosphoric acid groups is 2. The standard InChI is InChI=1S/C68H132O17P2/c1-5-9-13-17-21-24-26-28-30-32-34-36-39-43-47-51-55-68(73)85-64(59-79-66(71)53-49-45-41-38-35-33-31-29-27-25-22-18-14-10-6-2)61-83-87(76,77)81-57-62(69)56-80-86(74,75)82-60-63(58-78-65(70)52-48-44-40-20-16-12-8-4)84-67(72)54-50-46-42-37-23-19-15-11-7-3/h62-64,69H,5-61H2,1-4H3,(H,74,75)(H,76,77)/t62-,63+,64+/m0/s1. The Morgan fingerprint density at radius 2 is 0.460 bits per heavy atom. The Hall–Kier alpha value is -1.94. The predicted octanol–water partition coefficient (Wildman–Crippen LogP) is 19.5. The Kier molecular flexibility index (Phi) is 61.4. The molecule has 19 heteroatoms. The molecule has 5 atom stereocenters. The zero-order valence-electron chi connectivity index (χ0n) is 56.0. The SMILES string of the molecule is CCCCCCCCCCCCCCCCCCC(=O)O[C@H](COC(=O)CCCCCCCCCCCCCCCCC)COP(=O)(O)OC[C@@H](O)COP(=O)(O)OC[C@@H](COC(=O)CCCCCCCCC)OC(=O)CCCCCCCCCCC. The van der Waals surface area contributed by atoms with E-state index in [1.54, 1.807) is 0 Å². The maximum absolute atomic E-state index is 13.0. The highest BCUT2D eigenvalue weighted by atomic mass is 31.2. The van der Waals surface area contributed by atoms with Gasteiger partial charge in [0.05, 0.1) is 26.4 Å². The zero-order chi connectivity index (χ0) is 64.0. The summed E-state index contributed by atoms with van der Waals surface area (Å²) in [6.07, 6.45) is 50.0. The lowest BCUT2D eigenvalue weighted by Gasteiger charge is -2.21. The third-order valence-electron chi connectivity index (χ3n) is 15.9. The van der Waals surface area contributed by atoms with Gasteiger partial charge in [-0.25, -0.2) is 9.13 Å². The molecule has 0 aromatic rings. The van der Waals surface area contributed by atoms with Crippen molar-refractivity contribution in [2.24, 2.45) is 0 Å². The molecule has 0 fully saturated rings. The molecule has 0 aliphatic rings. The number of hydrogen-bond acceptors (Lipinski definition) is 15. The first-order valence-corrected chi connectivity index (χ1v) is 38.8. The van der Waals surface area contributed by atoms with Gasteiger partial charge in [-0.15, -0.1) is 0 Å². The van der Waals surface area contributed by atoms with E-state index in [9.17, 15) is 43.2 Å². The normalized spacial score (nSPS) is 14.1. The third kappa shape index (κ3) is 62.6. The van der Waals surface area contributed by atoms with Crippen LogP contribution < -0.4 is 0 Å². The van der Waals surface area contributed by atoms with Crippen LogP contribution in [0.2, 0.25) is 0 Å². The molecule has 0 spiro atoms. The lowest BCUT2D eigenvalue weighted by Crippen LogP contribution is -2.30. The Bertz CT molecular complexity index is 1670. The van der Waals surface area contributed by atoms with Crippen molar-refractivity contribution in [3.05, 3.63) is 0 Å². The van der Waals surface area contributed by atoms with Gasteiger partial charge in [-0.1, -0.05) is 304 Å². The van der Waals surface area contributed by atoms with Gasteiger partial charge >= 0.3 is 39.5 Å². The summed E-state index contributed by atoms with van der Waals surface area (Å²) in [6, 6.07) is 0. The van der Waals surface area contributed by atoms with Gasteiger partial charge in [0.1, 0.15) is 19.3 Å². The topological polar surface area (TPSA) is 237 Å². The second-order valence-corrected chi connectivity index (χ2v) is 27.5. The average molecular weight is 1280 g/mol. The van der Waals surface area contributed by atoms with E-state index in [4.69, 9.17) is 37.0 Å². The van der Waals surface area contributed by atoms with Crippen LogP contribution in [0.25, 0.3) is 0 Å².